The van der Waals surface area contributed by atoms with E-state index in [0.717, 1.165) is 29.7 Å². The molecule has 5 N–H and O–H groups in total. The third kappa shape index (κ3) is 4.49. The molecule has 0 saturated carbocycles. The Kier molecular flexibility index (Phi) is 6.48. The standard InChI is InChI=1S/C23H28N4O4S/c1-13(21(30)26-23-19(20(24)29)15-5-4-8-18(15)32-23)27-11-9-14(10-12-27)22(31)25-16-6-2-3-7-17(16)28/h2-3,6-7,13-14,28H,4-5,8-12H2,1H3,(H2,24,29)(H,25,31)(H,26,30). The fourth-order valence-electron chi connectivity index (χ4n) is 4.50. The average Bonchev–Trinajstić information content (AvgIpc) is 3.35. The Hall–Kier alpha value is -2.91. The summed E-state index contributed by atoms with van der Waals surface area (Å²) in [4.78, 5) is 40.6. The molecule has 3 amide bonds. The van der Waals surface area contributed by atoms with Gasteiger partial charge in [0.1, 0.15) is 10.8 Å². The van der Waals surface area contributed by atoms with Crippen LogP contribution in [0.1, 0.15) is 47.0 Å². The smallest absolute Gasteiger partial charge is 0.251 e. The molecule has 1 aliphatic heterocycles. The number of nitrogens with one attached hydrogen (secondary N) is 2. The number of aromatic hydroxyl groups is 1. The van der Waals surface area contributed by atoms with Crippen molar-refractivity contribution in [3.63, 3.8) is 0 Å². The first kappa shape index (κ1) is 22.3. The maximum atomic E-state index is 12.9. The van der Waals surface area contributed by atoms with Crippen molar-refractivity contribution in [2.24, 2.45) is 11.7 Å². The van der Waals surface area contributed by atoms with Crippen LogP contribution in [0.4, 0.5) is 10.7 Å². The van der Waals surface area contributed by atoms with Crippen molar-refractivity contribution in [2.75, 3.05) is 23.7 Å². The third-order valence-electron chi connectivity index (χ3n) is 6.39. The molecule has 2 heterocycles. The van der Waals surface area contributed by atoms with Gasteiger partial charge in [0.05, 0.1) is 17.3 Å². The van der Waals surface area contributed by atoms with Gasteiger partial charge >= 0.3 is 0 Å². The molecule has 0 spiro atoms. The number of anilines is 2. The van der Waals surface area contributed by atoms with Crippen LogP contribution in [0.15, 0.2) is 24.3 Å². The van der Waals surface area contributed by atoms with E-state index in [4.69, 9.17) is 5.73 Å². The number of phenolic OH excluding ortho intramolecular Hbond substituents is 1. The van der Waals surface area contributed by atoms with Gasteiger partial charge in [0.2, 0.25) is 11.8 Å². The highest BCUT2D eigenvalue weighted by Crippen LogP contribution is 2.39. The zero-order valence-electron chi connectivity index (χ0n) is 18.0. The second-order valence-electron chi connectivity index (χ2n) is 8.41. The van der Waals surface area contributed by atoms with E-state index in [1.54, 1.807) is 18.2 Å². The number of amides is 3. The Morgan fingerprint density at radius 3 is 2.56 bits per heavy atom. The van der Waals surface area contributed by atoms with Gasteiger partial charge in [-0.15, -0.1) is 11.3 Å². The van der Waals surface area contributed by atoms with Crippen molar-refractivity contribution in [2.45, 2.75) is 45.1 Å². The minimum atomic E-state index is -0.497. The molecule has 0 bridgehead atoms. The number of aryl methyl sites for hydroxylation is 1. The number of benzene rings is 1. The van der Waals surface area contributed by atoms with Crippen LogP contribution in [0.25, 0.3) is 0 Å². The number of carbonyl (C=O) groups excluding carboxylic acids is 3. The van der Waals surface area contributed by atoms with Gasteiger partial charge in [0.25, 0.3) is 5.91 Å². The largest absolute Gasteiger partial charge is 0.506 e. The summed E-state index contributed by atoms with van der Waals surface area (Å²) >= 11 is 1.45. The maximum absolute atomic E-state index is 12.9. The van der Waals surface area contributed by atoms with E-state index in [1.165, 1.54) is 17.4 Å². The Balaban J connectivity index is 1.33. The van der Waals surface area contributed by atoms with E-state index in [2.05, 4.69) is 10.6 Å². The van der Waals surface area contributed by atoms with Crippen LogP contribution >= 0.6 is 11.3 Å². The van der Waals surface area contributed by atoms with E-state index >= 15 is 0 Å². The first-order valence-corrected chi connectivity index (χ1v) is 11.7. The fraction of sp³-hybridized carbons (Fsp3) is 0.435. The van der Waals surface area contributed by atoms with E-state index in [1.807, 2.05) is 11.8 Å². The van der Waals surface area contributed by atoms with Crippen LogP contribution in [-0.2, 0) is 22.4 Å². The van der Waals surface area contributed by atoms with E-state index < -0.39 is 11.9 Å². The summed E-state index contributed by atoms with van der Waals surface area (Å²) in [6, 6.07) is 6.26. The van der Waals surface area contributed by atoms with Gasteiger partial charge in [0.15, 0.2) is 0 Å². The Morgan fingerprint density at radius 2 is 1.88 bits per heavy atom. The predicted molar refractivity (Wildman–Crippen MR) is 124 cm³/mol. The van der Waals surface area contributed by atoms with E-state index in [-0.39, 0.29) is 23.5 Å². The molecule has 1 aromatic heterocycles. The summed E-state index contributed by atoms with van der Waals surface area (Å²) in [6.07, 6.45) is 4.00. The van der Waals surface area contributed by atoms with Crippen molar-refractivity contribution in [3.05, 3.63) is 40.3 Å². The molecule has 2 aliphatic rings. The summed E-state index contributed by atoms with van der Waals surface area (Å²) in [5, 5.41) is 16.1. The lowest BCUT2D eigenvalue weighted by Crippen LogP contribution is -2.47. The van der Waals surface area contributed by atoms with Crippen LogP contribution in [0.3, 0.4) is 0 Å². The van der Waals surface area contributed by atoms with Gasteiger partial charge in [-0.3, -0.25) is 19.3 Å². The molecule has 0 radical (unpaired) electrons. The molecule has 1 aromatic carbocycles. The number of primary amides is 1. The topological polar surface area (TPSA) is 125 Å². The molecule has 1 unspecified atom stereocenters. The zero-order chi connectivity index (χ0) is 22.8. The van der Waals surface area contributed by atoms with Gasteiger partial charge in [-0.1, -0.05) is 12.1 Å². The Bertz CT molecular complexity index is 1040. The molecule has 32 heavy (non-hydrogen) atoms. The van der Waals surface area contributed by atoms with Crippen molar-refractivity contribution in [1.29, 1.82) is 0 Å². The summed E-state index contributed by atoms with van der Waals surface area (Å²) in [5.74, 6) is -0.933. The number of nitrogens with zero attached hydrogens (tertiary/aromatic N) is 1. The molecule has 4 rings (SSSR count). The molecule has 1 fully saturated rings. The lowest BCUT2D eigenvalue weighted by Gasteiger charge is -2.34. The van der Waals surface area contributed by atoms with E-state index in [9.17, 15) is 19.5 Å². The number of hydrogen-bond acceptors (Lipinski definition) is 6. The predicted octanol–water partition coefficient (Wildman–Crippen LogP) is 2.72. The SMILES string of the molecule is CC(C(=O)Nc1sc2c(c1C(N)=O)CCC2)N1CCC(C(=O)Nc2ccccc2O)CC1. The quantitative estimate of drug-likeness (QED) is 0.498. The molecule has 9 heteroatoms. The number of rotatable bonds is 6. The van der Waals surface area contributed by atoms with Crippen molar-refractivity contribution >= 4 is 39.7 Å². The molecular weight excluding hydrogens is 428 g/mol. The summed E-state index contributed by atoms with van der Waals surface area (Å²) < 4.78 is 0. The van der Waals surface area contributed by atoms with Gasteiger partial charge in [-0.25, -0.2) is 0 Å². The molecule has 1 aliphatic carbocycles. The lowest BCUT2D eigenvalue weighted by atomic mass is 9.94. The molecule has 1 saturated heterocycles. The summed E-state index contributed by atoms with van der Waals surface area (Å²) in [6.45, 7) is 3.05. The number of para-hydroxylation sites is 2. The Morgan fingerprint density at radius 1 is 1.16 bits per heavy atom. The van der Waals surface area contributed by atoms with Gasteiger partial charge in [0, 0.05) is 10.8 Å². The zero-order valence-corrected chi connectivity index (χ0v) is 18.8. The monoisotopic (exact) mass is 456 g/mol. The lowest BCUT2D eigenvalue weighted by molar-refractivity contribution is -0.123. The number of fused-ring (bicyclic) bond motifs is 1. The van der Waals surface area contributed by atoms with E-state index in [0.29, 0.717) is 42.2 Å². The molecule has 2 aromatic rings. The molecule has 170 valence electrons. The first-order chi connectivity index (χ1) is 15.3. The van der Waals surface area contributed by atoms with Crippen LogP contribution in [0.2, 0.25) is 0 Å². The second-order valence-corrected chi connectivity index (χ2v) is 9.51. The maximum Gasteiger partial charge on any atom is 0.251 e. The highest BCUT2D eigenvalue weighted by Gasteiger charge is 2.32. The van der Waals surface area contributed by atoms with Crippen LogP contribution in [-0.4, -0.2) is 46.9 Å². The number of phenols is 1. The van der Waals surface area contributed by atoms with Crippen molar-refractivity contribution in [3.8, 4) is 5.75 Å². The minimum absolute atomic E-state index is 0.0402. The third-order valence-corrected chi connectivity index (χ3v) is 7.60. The molecular formula is C23H28N4O4S. The summed E-state index contributed by atoms with van der Waals surface area (Å²) in [7, 11) is 0. The highest BCUT2D eigenvalue weighted by atomic mass is 32.1. The van der Waals surface area contributed by atoms with Crippen LogP contribution in [0.5, 0.6) is 5.75 Å². The van der Waals surface area contributed by atoms with Gasteiger partial charge in [-0.2, -0.15) is 0 Å². The number of likely N-dealkylation sites (tertiary alicyclic amines) is 1. The number of nitrogens with two attached hydrogens (primary N) is 1. The molecule has 8 nitrogen and oxygen atoms in total. The minimum Gasteiger partial charge on any atom is -0.506 e. The van der Waals surface area contributed by atoms with Crippen molar-refractivity contribution < 1.29 is 19.5 Å². The number of carbonyl (C=O) groups is 3. The van der Waals surface area contributed by atoms with Crippen LogP contribution < -0.4 is 16.4 Å². The summed E-state index contributed by atoms with van der Waals surface area (Å²) in [5.41, 5.74) is 7.44. The normalized spacial score (nSPS) is 17.5. The van der Waals surface area contributed by atoms with Gasteiger partial charge < -0.3 is 21.5 Å². The highest BCUT2D eigenvalue weighted by molar-refractivity contribution is 7.17. The van der Waals surface area contributed by atoms with Crippen molar-refractivity contribution in [1.82, 2.24) is 4.90 Å². The molecule has 1 atom stereocenters. The number of thiophene rings is 1. The average molecular weight is 457 g/mol. The van der Waals surface area contributed by atoms with Gasteiger partial charge in [-0.05, 0) is 69.8 Å². The first-order valence-electron chi connectivity index (χ1n) is 10.9. The van der Waals surface area contributed by atoms with Crippen LogP contribution in [0, 0.1) is 5.92 Å². The Labute approximate surface area is 190 Å². The second kappa shape index (κ2) is 9.30. The number of piperidine rings is 1. The number of hydrogen-bond donors (Lipinski definition) is 4. The fourth-order valence-corrected chi connectivity index (χ4v) is 5.80.